The molecule has 0 aliphatic carbocycles. The topological polar surface area (TPSA) is 38.3 Å². The summed E-state index contributed by atoms with van der Waals surface area (Å²) in [4.78, 5) is 11.1. The number of hydrogen-bond acceptors (Lipinski definition) is 2. The third-order valence-electron chi connectivity index (χ3n) is 2.20. The zero-order chi connectivity index (χ0) is 11.8. The predicted molar refractivity (Wildman–Crippen MR) is 49.8 cm³/mol. The number of carbonyl (C=O) groups is 1. The molecule has 3 nitrogen and oxygen atoms in total. The van der Waals surface area contributed by atoms with Gasteiger partial charge in [-0.3, -0.25) is 4.79 Å². The Balaban J connectivity index is 2.46. The molecule has 0 spiro atoms. The highest BCUT2D eigenvalue weighted by Crippen LogP contribution is 2.40. The van der Waals surface area contributed by atoms with Crippen molar-refractivity contribution < 1.29 is 22.7 Å². The van der Waals surface area contributed by atoms with Crippen LogP contribution in [-0.2, 0) is 9.53 Å². The van der Waals surface area contributed by atoms with Crippen LogP contribution < -0.4 is 5.32 Å². The zero-order valence-electron chi connectivity index (χ0n) is 8.04. The van der Waals surface area contributed by atoms with Crippen LogP contribution in [0.1, 0.15) is 11.7 Å². The molecule has 16 heavy (non-hydrogen) atoms. The van der Waals surface area contributed by atoms with Gasteiger partial charge in [0.05, 0.1) is 0 Å². The highest BCUT2D eigenvalue weighted by molar-refractivity contribution is 5.93. The fourth-order valence-corrected chi connectivity index (χ4v) is 1.55. The van der Waals surface area contributed by atoms with Gasteiger partial charge in [0, 0.05) is 11.3 Å². The minimum absolute atomic E-state index is 0.0687. The molecule has 2 rings (SSSR count). The lowest BCUT2D eigenvalue weighted by atomic mass is 10.1. The van der Waals surface area contributed by atoms with Crippen LogP contribution in [-0.4, -0.2) is 18.7 Å². The number of alkyl halides is 3. The van der Waals surface area contributed by atoms with E-state index < -0.39 is 24.8 Å². The summed E-state index contributed by atoms with van der Waals surface area (Å²) >= 11 is 0. The third kappa shape index (κ3) is 2.01. The molecule has 0 fully saturated rings. The normalized spacial score (nSPS) is 20.9. The van der Waals surface area contributed by atoms with Crippen molar-refractivity contribution in [2.75, 3.05) is 11.9 Å². The van der Waals surface area contributed by atoms with Crippen molar-refractivity contribution >= 4 is 11.6 Å². The van der Waals surface area contributed by atoms with Crippen LogP contribution in [0.5, 0.6) is 0 Å². The minimum Gasteiger partial charge on any atom is -0.354 e. The molecule has 0 saturated heterocycles. The van der Waals surface area contributed by atoms with Crippen LogP contribution in [0, 0.1) is 0 Å². The average molecular weight is 231 g/mol. The van der Waals surface area contributed by atoms with E-state index in [1.165, 1.54) is 18.2 Å². The summed E-state index contributed by atoms with van der Waals surface area (Å²) in [5.41, 5.74) is 0.0770. The number of rotatable bonds is 0. The molecule has 0 saturated carbocycles. The summed E-state index contributed by atoms with van der Waals surface area (Å²) in [6, 6.07) is 5.73. The molecule has 1 aromatic rings. The average Bonchev–Trinajstić information content (AvgIpc) is 2.34. The van der Waals surface area contributed by atoms with Crippen LogP contribution in [0.25, 0.3) is 0 Å². The molecular formula is C10H8F3NO2. The van der Waals surface area contributed by atoms with Crippen molar-refractivity contribution in [3.05, 3.63) is 29.8 Å². The highest BCUT2D eigenvalue weighted by atomic mass is 19.4. The SMILES string of the molecule is O=C1COC(C(F)(F)F)c2ccccc2N1. The van der Waals surface area contributed by atoms with Gasteiger partial charge in [0.25, 0.3) is 0 Å². The van der Waals surface area contributed by atoms with Crippen molar-refractivity contribution in [2.24, 2.45) is 0 Å². The molecule has 86 valence electrons. The summed E-state index contributed by atoms with van der Waals surface area (Å²) < 4.78 is 42.6. The van der Waals surface area contributed by atoms with E-state index in [0.717, 1.165) is 0 Å². The van der Waals surface area contributed by atoms with E-state index in [9.17, 15) is 18.0 Å². The van der Waals surface area contributed by atoms with Crippen LogP contribution in [0.15, 0.2) is 24.3 Å². The quantitative estimate of drug-likeness (QED) is 0.743. The van der Waals surface area contributed by atoms with Gasteiger partial charge >= 0.3 is 6.18 Å². The molecule has 1 N–H and O–H groups in total. The van der Waals surface area contributed by atoms with E-state index in [2.05, 4.69) is 10.1 Å². The summed E-state index contributed by atoms with van der Waals surface area (Å²) in [5, 5.41) is 2.36. The second-order valence-electron chi connectivity index (χ2n) is 3.37. The van der Waals surface area contributed by atoms with Gasteiger partial charge in [-0.1, -0.05) is 18.2 Å². The number of hydrogen-bond donors (Lipinski definition) is 1. The summed E-state index contributed by atoms with van der Waals surface area (Å²) in [6.07, 6.45) is -6.58. The number of halogens is 3. The number of amides is 1. The molecular weight excluding hydrogens is 223 g/mol. The lowest BCUT2D eigenvalue weighted by molar-refractivity contribution is -0.221. The number of para-hydroxylation sites is 1. The standard InChI is InChI=1S/C10H8F3NO2/c11-10(12,13)9-6-3-1-2-4-7(6)14-8(15)5-16-9/h1-4,9H,5H2,(H,14,15). The Labute approximate surface area is 89.2 Å². The fraction of sp³-hybridized carbons (Fsp3) is 0.300. The molecule has 1 unspecified atom stereocenters. The second-order valence-corrected chi connectivity index (χ2v) is 3.37. The van der Waals surface area contributed by atoms with E-state index in [1.54, 1.807) is 6.07 Å². The van der Waals surface area contributed by atoms with Gasteiger partial charge < -0.3 is 10.1 Å². The number of nitrogens with one attached hydrogen (secondary N) is 1. The van der Waals surface area contributed by atoms with Crippen molar-refractivity contribution in [1.82, 2.24) is 0 Å². The number of anilines is 1. The summed E-state index contributed by atoms with van der Waals surface area (Å²) in [6.45, 7) is -0.598. The monoisotopic (exact) mass is 231 g/mol. The first-order valence-corrected chi connectivity index (χ1v) is 4.55. The number of benzene rings is 1. The molecule has 1 aliphatic rings. The molecule has 0 aromatic heterocycles. The molecule has 1 aromatic carbocycles. The van der Waals surface area contributed by atoms with Gasteiger partial charge in [-0.2, -0.15) is 13.2 Å². The molecule has 0 radical (unpaired) electrons. The van der Waals surface area contributed by atoms with Crippen molar-refractivity contribution in [1.29, 1.82) is 0 Å². The molecule has 6 heteroatoms. The Morgan fingerprint density at radius 1 is 1.31 bits per heavy atom. The van der Waals surface area contributed by atoms with Gasteiger partial charge in [-0.05, 0) is 6.07 Å². The Bertz CT molecular complexity index is 417. The van der Waals surface area contributed by atoms with Crippen LogP contribution in [0.2, 0.25) is 0 Å². The van der Waals surface area contributed by atoms with E-state index >= 15 is 0 Å². The molecule has 1 aliphatic heterocycles. The number of ether oxygens (including phenoxy) is 1. The number of fused-ring (bicyclic) bond motifs is 1. The van der Waals surface area contributed by atoms with Gasteiger partial charge in [-0.25, -0.2) is 0 Å². The Morgan fingerprint density at radius 2 is 2.00 bits per heavy atom. The van der Waals surface area contributed by atoms with Gasteiger partial charge in [0.1, 0.15) is 6.61 Å². The largest absolute Gasteiger partial charge is 0.418 e. The van der Waals surface area contributed by atoms with Gasteiger partial charge in [0.15, 0.2) is 6.10 Å². The predicted octanol–water partition coefficient (Wildman–Crippen LogP) is 2.26. The smallest absolute Gasteiger partial charge is 0.354 e. The first-order chi connectivity index (χ1) is 7.48. The lowest BCUT2D eigenvalue weighted by Crippen LogP contribution is -2.24. The van der Waals surface area contributed by atoms with E-state index in [1.807, 2.05) is 0 Å². The summed E-state index contributed by atoms with van der Waals surface area (Å²) in [7, 11) is 0. The van der Waals surface area contributed by atoms with Crippen LogP contribution in [0.4, 0.5) is 18.9 Å². The zero-order valence-corrected chi connectivity index (χ0v) is 8.04. The molecule has 1 amide bonds. The maximum Gasteiger partial charge on any atom is 0.418 e. The maximum atomic E-state index is 12.7. The minimum atomic E-state index is -4.53. The van der Waals surface area contributed by atoms with E-state index in [4.69, 9.17) is 0 Å². The Hall–Kier alpha value is -1.56. The lowest BCUT2D eigenvalue weighted by Gasteiger charge is -2.19. The van der Waals surface area contributed by atoms with Crippen molar-refractivity contribution in [3.63, 3.8) is 0 Å². The number of carbonyl (C=O) groups excluding carboxylic acids is 1. The van der Waals surface area contributed by atoms with Crippen molar-refractivity contribution in [3.8, 4) is 0 Å². The van der Waals surface area contributed by atoms with Gasteiger partial charge in [-0.15, -0.1) is 0 Å². The van der Waals surface area contributed by atoms with Crippen LogP contribution >= 0.6 is 0 Å². The first-order valence-electron chi connectivity index (χ1n) is 4.55. The van der Waals surface area contributed by atoms with E-state index in [-0.39, 0.29) is 11.3 Å². The second kappa shape index (κ2) is 3.79. The molecule has 1 heterocycles. The fourth-order valence-electron chi connectivity index (χ4n) is 1.55. The van der Waals surface area contributed by atoms with Gasteiger partial charge in [0.2, 0.25) is 5.91 Å². The third-order valence-corrected chi connectivity index (χ3v) is 2.20. The van der Waals surface area contributed by atoms with E-state index in [0.29, 0.717) is 0 Å². The van der Waals surface area contributed by atoms with Crippen LogP contribution in [0.3, 0.4) is 0 Å². The first kappa shape index (κ1) is 10.9. The van der Waals surface area contributed by atoms with Crippen molar-refractivity contribution in [2.45, 2.75) is 12.3 Å². The highest BCUT2D eigenvalue weighted by Gasteiger charge is 2.44. The summed E-state index contributed by atoms with van der Waals surface area (Å²) in [5.74, 6) is -0.584. The molecule has 1 atom stereocenters. The Morgan fingerprint density at radius 3 is 2.69 bits per heavy atom. The molecule has 0 bridgehead atoms. The Kier molecular flexibility index (Phi) is 2.59. The maximum absolute atomic E-state index is 12.7.